The van der Waals surface area contributed by atoms with Gasteiger partial charge in [-0.15, -0.1) is 0 Å². The number of amides is 1. The number of methoxy groups -OCH3 is 1. The van der Waals surface area contributed by atoms with Crippen molar-refractivity contribution < 1.29 is 14.3 Å². The molecule has 1 heterocycles. The molecule has 1 amide bonds. The minimum atomic E-state index is -0.360. The van der Waals surface area contributed by atoms with Crippen molar-refractivity contribution in [2.24, 2.45) is 0 Å². The number of hydrogen-bond donors (Lipinski definition) is 1. The Hall–Kier alpha value is -3.18. The highest BCUT2D eigenvalue weighted by Gasteiger charge is 2.37. The first kappa shape index (κ1) is 19.2. The SMILES string of the molecule is CCOc1ccc(N2C(=O)c3ccccc3[C@H]2Nc2ccc(OC)c(Cl)c2)cc1. The van der Waals surface area contributed by atoms with E-state index in [1.54, 1.807) is 24.1 Å². The topological polar surface area (TPSA) is 50.8 Å². The summed E-state index contributed by atoms with van der Waals surface area (Å²) < 4.78 is 10.8. The van der Waals surface area contributed by atoms with E-state index in [1.807, 2.05) is 61.5 Å². The molecule has 148 valence electrons. The molecule has 6 heteroatoms. The fraction of sp³-hybridized carbons (Fsp3) is 0.174. The maximum atomic E-state index is 13.2. The van der Waals surface area contributed by atoms with E-state index in [4.69, 9.17) is 21.1 Å². The average Bonchev–Trinajstić information content (AvgIpc) is 3.01. The lowest BCUT2D eigenvalue weighted by atomic mass is 10.1. The third kappa shape index (κ3) is 3.61. The maximum absolute atomic E-state index is 13.2. The number of nitrogens with one attached hydrogen (secondary N) is 1. The minimum Gasteiger partial charge on any atom is -0.495 e. The second-order valence-electron chi connectivity index (χ2n) is 6.59. The molecule has 0 saturated carbocycles. The molecule has 4 rings (SSSR count). The van der Waals surface area contributed by atoms with Crippen LogP contribution in [0.25, 0.3) is 0 Å². The van der Waals surface area contributed by atoms with Crippen LogP contribution in [-0.4, -0.2) is 19.6 Å². The van der Waals surface area contributed by atoms with E-state index in [0.717, 1.165) is 22.7 Å². The number of halogens is 1. The first-order valence-electron chi connectivity index (χ1n) is 9.37. The molecule has 1 atom stereocenters. The number of hydrogen-bond acceptors (Lipinski definition) is 4. The van der Waals surface area contributed by atoms with Gasteiger partial charge in [-0.25, -0.2) is 0 Å². The van der Waals surface area contributed by atoms with Crippen molar-refractivity contribution >= 4 is 28.9 Å². The molecule has 1 aliphatic heterocycles. The Morgan fingerprint density at radius 3 is 2.52 bits per heavy atom. The molecule has 0 radical (unpaired) electrons. The summed E-state index contributed by atoms with van der Waals surface area (Å²) in [5, 5.41) is 3.94. The monoisotopic (exact) mass is 408 g/mol. The Morgan fingerprint density at radius 2 is 1.83 bits per heavy atom. The molecular weight excluding hydrogens is 388 g/mol. The second kappa shape index (κ2) is 8.05. The van der Waals surface area contributed by atoms with Gasteiger partial charge in [-0.1, -0.05) is 29.8 Å². The van der Waals surface area contributed by atoms with Gasteiger partial charge in [0, 0.05) is 22.5 Å². The highest BCUT2D eigenvalue weighted by Crippen LogP contribution is 2.39. The summed E-state index contributed by atoms with van der Waals surface area (Å²) in [4.78, 5) is 14.9. The van der Waals surface area contributed by atoms with Crippen LogP contribution >= 0.6 is 11.6 Å². The van der Waals surface area contributed by atoms with Crippen LogP contribution in [0.15, 0.2) is 66.7 Å². The van der Waals surface area contributed by atoms with Crippen molar-refractivity contribution in [2.45, 2.75) is 13.1 Å². The van der Waals surface area contributed by atoms with Gasteiger partial charge in [0.25, 0.3) is 5.91 Å². The Labute approximate surface area is 174 Å². The number of nitrogens with zero attached hydrogens (tertiary/aromatic N) is 1. The molecule has 3 aromatic rings. The Bertz CT molecular complexity index is 1040. The van der Waals surface area contributed by atoms with Crippen LogP contribution in [0.5, 0.6) is 11.5 Å². The number of benzene rings is 3. The third-order valence-electron chi connectivity index (χ3n) is 4.84. The minimum absolute atomic E-state index is 0.0538. The van der Waals surface area contributed by atoms with Crippen molar-refractivity contribution in [2.75, 3.05) is 23.9 Å². The van der Waals surface area contributed by atoms with Crippen molar-refractivity contribution in [1.82, 2.24) is 0 Å². The Balaban J connectivity index is 1.71. The number of rotatable bonds is 6. The first-order chi connectivity index (χ1) is 14.1. The van der Waals surface area contributed by atoms with Crippen molar-refractivity contribution in [3.05, 3.63) is 82.9 Å². The molecule has 0 saturated heterocycles. The summed E-state index contributed by atoms with van der Waals surface area (Å²) in [6.45, 7) is 2.53. The maximum Gasteiger partial charge on any atom is 0.260 e. The van der Waals surface area contributed by atoms with Gasteiger partial charge in [0.2, 0.25) is 0 Å². The van der Waals surface area contributed by atoms with Crippen LogP contribution < -0.4 is 19.7 Å². The van der Waals surface area contributed by atoms with E-state index in [9.17, 15) is 4.79 Å². The van der Waals surface area contributed by atoms with E-state index in [-0.39, 0.29) is 12.1 Å². The number of carbonyl (C=O) groups excluding carboxylic acids is 1. The molecule has 29 heavy (non-hydrogen) atoms. The quantitative estimate of drug-likeness (QED) is 0.583. The van der Waals surface area contributed by atoms with Gasteiger partial charge in [0.15, 0.2) is 0 Å². The second-order valence-corrected chi connectivity index (χ2v) is 6.99. The predicted molar refractivity (Wildman–Crippen MR) is 115 cm³/mol. The lowest BCUT2D eigenvalue weighted by Gasteiger charge is -2.27. The fourth-order valence-corrected chi connectivity index (χ4v) is 3.77. The van der Waals surface area contributed by atoms with E-state index in [0.29, 0.717) is 22.9 Å². The summed E-state index contributed by atoms with van der Waals surface area (Å²) in [6.07, 6.45) is -0.360. The summed E-state index contributed by atoms with van der Waals surface area (Å²) >= 11 is 6.28. The zero-order chi connectivity index (χ0) is 20.4. The standard InChI is InChI=1S/C23H21ClN2O3/c1-3-29-17-11-9-16(10-12-17)26-22(18-6-4-5-7-19(18)23(26)27)25-15-8-13-21(28-2)20(24)14-15/h4-14,22,25H,3H2,1-2H3/t22-/m0/s1. The molecule has 0 unspecified atom stereocenters. The molecule has 0 aliphatic carbocycles. The van der Waals surface area contributed by atoms with E-state index in [2.05, 4.69) is 5.32 Å². The van der Waals surface area contributed by atoms with Gasteiger partial charge in [-0.2, -0.15) is 0 Å². The van der Waals surface area contributed by atoms with Crippen molar-refractivity contribution in [3.63, 3.8) is 0 Å². The number of carbonyl (C=O) groups is 1. The highest BCUT2D eigenvalue weighted by atomic mass is 35.5. The fourth-order valence-electron chi connectivity index (χ4n) is 3.51. The Kier molecular flexibility index (Phi) is 5.32. The summed E-state index contributed by atoms with van der Waals surface area (Å²) in [5.41, 5.74) is 3.17. The molecule has 0 aromatic heterocycles. The summed E-state index contributed by atoms with van der Waals surface area (Å²) in [6, 6.07) is 20.6. The lowest BCUT2D eigenvalue weighted by Crippen LogP contribution is -2.32. The van der Waals surface area contributed by atoms with Gasteiger partial charge in [-0.05, 0) is 55.5 Å². The van der Waals surface area contributed by atoms with Crippen molar-refractivity contribution in [1.29, 1.82) is 0 Å². The molecular formula is C23H21ClN2O3. The van der Waals surface area contributed by atoms with Crippen LogP contribution in [0.1, 0.15) is 29.0 Å². The van der Waals surface area contributed by atoms with E-state index in [1.165, 1.54) is 0 Å². The summed E-state index contributed by atoms with van der Waals surface area (Å²) in [5.74, 6) is 1.32. The normalized spacial score (nSPS) is 15.2. The van der Waals surface area contributed by atoms with E-state index < -0.39 is 0 Å². The lowest BCUT2D eigenvalue weighted by molar-refractivity contribution is 0.0993. The van der Waals surface area contributed by atoms with Crippen LogP contribution in [-0.2, 0) is 0 Å². The zero-order valence-corrected chi connectivity index (χ0v) is 16.9. The molecule has 1 aliphatic rings. The van der Waals surface area contributed by atoms with Crippen LogP contribution in [0.2, 0.25) is 5.02 Å². The van der Waals surface area contributed by atoms with Gasteiger partial charge < -0.3 is 14.8 Å². The number of ether oxygens (including phenoxy) is 2. The van der Waals surface area contributed by atoms with Gasteiger partial charge in [0.1, 0.15) is 17.7 Å². The molecule has 3 aromatic carbocycles. The van der Waals surface area contributed by atoms with Crippen LogP contribution in [0.3, 0.4) is 0 Å². The zero-order valence-electron chi connectivity index (χ0n) is 16.2. The first-order valence-corrected chi connectivity index (χ1v) is 9.75. The molecule has 1 N–H and O–H groups in total. The van der Waals surface area contributed by atoms with Gasteiger partial charge in [-0.3, -0.25) is 9.69 Å². The Morgan fingerprint density at radius 1 is 1.07 bits per heavy atom. The average molecular weight is 409 g/mol. The van der Waals surface area contributed by atoms with Crippen molar-refractivity contribution in [3.8, 4) is 11.5 Å². The largest absolute Gasteiger partial charge is 0.495 e. The number of anilines is 2. The van der Waals surface area contributed by atoms with E-state index >= 15 is 0 Å². The molecule has 0 spiro atoms. The highest BCUT2D eigenvalue weighted by molar-refractivity contribution is 6.32. The molecule has 5 nitrogen and oxygen atoms in total. The molecule has 0 fully saturated rings. The third-order valence-corrected chi connectivity index (χ3v) is 5.14. The predicted octanol–water partition coefficient (Wildman–Crippen LogP) is 5.52. The summed E-state index contributed by atoms with van der Waals surface area (Å²) in [7, 11) is 1.58. The smallest absolute Gasteiger partial charge is 0.260 e. The van der Waals surface area contributed by atoms with Crippen LogP contribution in [0, 0.1) is 0 Å². The molecule has 0 bridgehead atoms. The van der Waals surface area contributed by atoms with Crippen LogP contribution in [0.4, 0.5) is 11.4 Å². The van der Waals surface area contributed by atoms with Gasteiger partial charge in [0.05, 0.1) is 18.7 Å². The van der Waals surface area contributed by atoms with Gasteiger partial charge >= 0.3 is 0 Å². The number of fused-ring (bicyclic) bond motifs is 1.